The molecule has 0 aliphatic rings. The molecule has 0 saturated carbocycles. The molecular weight excluding hydrogens is 358 g/mol. The van der Waals surface area contributed by atoms with Gasteiger partial charge in [-0.05, 0) is 26.3 Å². The van der Waals surface area contributed by atoms with E-state index in [0.29, 0.717) is 16.0 Å². The molecule has 1 unspecified atom stereocenters. The molecule has 0 aliphatic heterocycles. The zero-order valence-corrected chi connectivity index (χ0v) is 16.1. The highest BCUT2D eigenvalue weighted by molar-refractivity contribution is 7.18. The zero-order chi connectivity index (χ0) is 19.5. The summed E-state index contributed by atoms with van der Waals surface area (Å²) in [5.74, 6) is -0.914. The number of thiophene rings is 1. The summed E-state index contributed by atoms with van der Waals surface area (Å²) in [6.45, 7) is 5.52. The van der Waals surface area contributed by atoms with Gasteiger partial charge in [0.1, 0.15) is 10.7 Å². The number of ether oxygens (including phenoxy) is 1. The van der Waals surface area contributed by atoms with Crippen LogP contribution in [0.15, 0.2) is 4.79 Å². The number of nitrogens with one attached hydrogen (secondary N) is 2. The monoisotopic (exact) mass is 381 g/mol. The minimum absolute atomic E-state index is 0.0801. The highest BCUT2D eigenvalue weighted by Crippen LogP contribution is 2.25. The molecule has 3 N–H and O–H groups in total. The highest BCUT2D eigenvalue weighted by atomic mass is 32.1. The van der Waals surface area contributed by atoms with Crippen LogP contribution < -0.4 is 10.9 Å². The molecular formula is C17H23N3O5S. The van der Waals surface area contributed by atoms with Crippen LogP contribution in [0.25, 0.3) is 10.2 Å². The van der Waals surface area contributed by atoms with Gasteiger partial charge >= 0.3 is 5.97 Å². The van der Waals surface area contributed by atoms with E-state index in [-0.39, 0.29) is 37.3 Å². The highest BCUT2D eigenvalue weighted by Gasteiger charge is 2.29. The van der Waals surface area contributed by atoms with Gasteiger partial charge < -0.3 is 20.1 Å². The Kier molecular flexibility index (Phi) is 6.14. The Morgan fingerprint density at radius 2 is 2.08 bits per heavy atom. The number of hydrogen-bond acceptors (Lipinski definition) is 6. The van der Waals surface area contributed by atoms with Crippen molar-refractivity contribution in [2.24, 2.45) is 0 Å². The SMILES string of the molecule is COCC(C)(CC(=O)O)NC(=O)CCc1nc2sc(C)c(C)c2c(=O)[nH]1. The van der Waals surface area contributed by atoms with Crippen LogP contribution in [0.1, 0.15) is 36.0 Å². The van der Waals surface area contributed by atoms with Gasteiger partial charge in [-0.2, -0.15) is 0 Å². The smallest absolute Gasteiger partial charge is 0.305 e. The van der Waals surface area contributed by atoms with Gasteiger partial charge in [0.05, 0.1) is 24.0 Å². The Labute approximate surface area is 154 Å². The van der Waals surface area contributed by atoms with Crippen molar-refractivity contribution in [1.82, 2.24) is 15.3 Å². The van der Waals surface area contributed by atoms with Gasteiger partial charge in [0, 0.05) is 24.8 Å². The third-order valence-electron chi connectivity index (χ3n) is 4.12. The Balaban J connectivity index is 2.08. The van der Waals surface area contributed by atoms with Gasteiger partial charge in [0.25, 0.3) is 5.56 Å². The Morgan fingerprint density at radius 1 is 1.38 bits per heavy atom. The summed E-state index contributed by atoms with van der Waals surface area (Å²) in [5, 5.41) is 12.3. The second-order valence-corrected chi connectivity index (χ2v) is 7.79. The summed E-state index contributed by atoms with van der Waals surface area (Å²) in [5.41, 5.74) is -0.279. The number of fused-ring (bicyclic) bond motifs is 1. The molecule has 2 aromatic rings. The molecule has 1 amide bonds. The number of aryl methyl sites for hydroxylation is 3. The Morgan fingerprint density at radius 3 is 2.69 bits per heavy atom. The molecule has 1 atom stereocenters. The van der Waals surface area contributed by atoms with Gasteiger partial charge in [-0.3, -0.25) is 14.4 Å². The maximum atomic E-state index is 12.2. The van der Waals surface area contributed by atoms with Crippen LogP contribution in [0.4, 0.5) is 0 Å². The number of H-pyrrole nitrogens is 1. The van der Waals surface area contributed by atoms with Crippen LogP contribution in [0.3, 0.4) is 0 Å². The molecule has 2 heterocycles. The van der Waals surface area contributed by atoms with Crippen molar-refractivity contribution in [3.05, 3.63) is 26.6 Å². The third kappa shape index (κ3) is 4.67. The average molecular weight is 381 g/mol. The second kappa shape index (κ2) is 7.96. The van der Waals surface area contributed by atoms with Crippen LogP contribution in [0.5, 0.6) is 0 Å². The minimum atomic E-state index is -1.02. The van der Waals surface area contributed by atoms with Crippen molar-refractivity contribution in [3.63, 3.8) is 0 Å². The van der Waals surface area contributed by atoms with E-state index in [1.165, 1.54) is 18.4 Å². The van der Waals surface area contributed by atoms with Gasteiger partial charge in [-0.15, -0.1) is 11.3 Å². The molecule has 0 fully saturated rings. The summed E-state index contributed by atoms with van der Waals surface area (Å²) in [6.07, 6.45) is 0.0845. The topological polar surface area (TPSA) is 121 Å². The summed E-state index contributed by atoms with van der Waals surface area (Å²) in [6, 6.07) is 0. The molecule has 0 aromatic carbocycles. The number of amides is 1. The number of aromatic nitrogens is 2. The summed E-state index contributed by atoms with van der Waals surface area (Å²) in [7, 11) is 1.45. The predicted molar refractivity (Wildman–Crippen MR) is 98.7 cm³/mol. The summed E-state index contributed by atoms with van der Waals surface area (Å²) >= 11 is 1.45. The number of aliphatic carboxylic acids is 1. The van der Waals surface area contributed by atoms with E-state index in [0.717, 1.165) is 10.4 Å². The number of carboxylic acid groups (broad SMARTS) is 1. The predicted octanol–water partition coefficient (Wildman–Crippen LogP) is 1.53. The molecule has 0 saturated heterocycles. The van der Waals surface area contributed by atoms with E-state index < -0.39 is 11.5 Å². The first-order chi connectivity index (χ1) is 12.1. The number of hydrogen-bond donors (Lipinski definition) is 3. The van der Waals surface area contributed by atoms with E-state index in [4.69, 9.17) is 9.84 Å². The fourth-order valence-electron chi connectivity index (χ4n) is 2.83. The molecule has 2 rings (SSSR count). The molecule has 142 valence electrons. The standard InChI is InChI=1S/C17H23N3O5S/c1-9-10(2)26-16-14(9)15(24)18-11(19-16)5-6-12(21)20-17(3,8-25-4)7-13(22)23/h5-8H2,1-4H3,(H,20,21)(H,22,23)(H,18,19,24). The number of methoxy groups -OCH3 is 1. The third-order valence-corrected chi connectivity index (χ3v) is 5.22. The first kappa shape index (κ1) is 20.1. The average Bonchev–Trinajstić information content (AvgIpc) is 2.79. The van der Waals surface area contributed by atoms with Crippen LogP contribution in [0, 0.1) is 13.8 Å². The van der Waals surface area contributed by atoms with Gasteiger partial charge in [-0.25, -0.2) is 4.98 Å². The lowest BCUT2D eigenvalue weighted by atomic mass is 9.98. The van der Waals surface area contributed by atoms with Gasteiger partial charge in [0.15, 0.2) is 0 Å². The molecule has 0 radical (unpaired) electrons. The summed E-state index contributed by atoms with van der Waals surface area (Å²) < 4.78 is 5.01. The molecule has 0 aliphatic carbocycles. The Hall–Kier alpha value is -2.26. The maximum Gasteiger partial charge on any atom is 0.305 e. The number of nitrogens with zero attached hydrogens (tertiary/aromatic N) is 1. The van der Waals surface area contributed by atoms with E-state index in [9.17, 15) is 14.4 Å². The number of aromatic amines is 1. The maximum absolute atomic E-state index is 12.2. The minimum Gasteiger partial charge on any atom is -0.481 e. The lowest BCUT2D eigenvalue weighted by Crippen LogP contribution is -2.50. The van der Waals surface area contributed by atoms with Crippen molar-refractivity contribution in [2.45, 2.75) is 45.6 Å². The van der Waals surface area contributed by atoms with Crippen molar-refractivity contribution < 1.29 is 19.4 Å². The van der Waals surface area contributed by atoms with Crippen LogP contribution in [-0.4, -0.2) is 46.2 Å². The molecule has 2 aromatic heterocycles. The van der Waals surface area contributed by atoms with E-state index in [2.05, 4.69) is 15.3 Å². The molecule has 8 nitrogen and oxygen atoms in total. The van der Waals surface area contributed by atoms with Crippen LogP contribution in [-0.2, 0) is 20.7 Å². The van der Waals surface area contributed by atoms with Crippen molar-refractivity contribution in [1.29, 1.82) is 0 Å². The largest absolute Gasteiger partial charge is 0.481 e. The Bertz CT molecular complexity index is 888. The van der Waals surface area contributed by atoms with Gasteiger partial charge in [-0.1, -0.05) is 0 Å². The fourth-order valence-corrected chi connectivity index (χ4v) is 3.88. The first-order valence-corrected chi connectivity index (χ1v) is 8.97. The number of rotatable bonds is 8. The van der Waals surface area contributed by atoms with Crippen molar-refractivity contribution >= 4 is 33.4 Å². The summed E-state index contributed by atoms with van der Waals surface area (Å²) in [4.78, 5) is 44.3. The zero-order valence-electron chi connectivity index (χ0n) is 15.3. The van der Waals surface area contributed by atoms with Crippen LogP contribution >= 0.6 is 11.3 Å². The molecule has 0 bridgehead atoms. The molecule has 0 spiro atoms. The number of carbonyl (C=O) groups is 2. The van der Waals surface area contributed by atoms with E-state index in [1.54, 1.807) is 6.92 Å². The fraction of sp³-hybridized carbons (Fsp3) is 0.529. The normalized spacial score (nSPS) is 13.5. The van der Waals surface area contributed by atoms with Gasteiger partial charge in [0.2, 0.25) is 5.91 Å². The lowest BCUT2D eigenvalue weighted by Gasteiger charge is -2.28. The quantitative estimate of drug-likeness (QED) is 0.637. The van der Waals surface area contributed by atoms with Crippen molar-refractivity contribution in [2.75, 3.05) is 13.7 Å². The van der Waals surface area contributed by atoms with E-state index >= 15 is 0 Å². The number of carboxylic acids is 1. The first-order valence-electron chi connectivity index (χ1n) is 8.16. The number of carbonyl (C=O) groups excluding carboxylic acids is 1. The van der Waals surface area contributed by atoms with E-state index in [1.807, 2.05) is 13.8 Å². The lowest BCUT2D eigenvalue weighted by molar-refractivity contribution is -0.139. The van der Waals surface area contributed by atoms with Crippen LogP contribution in [0.2, 0.25) is 0 Å². The second-order valence-electron chi connectivity index (χ2n) is 6.59. The molecule has 26 heavy (non-hydrogen) atoms. The molecule has 9 heteroatoms. The van der Waals surface area contributed by atoms with Crippen molar-refractivity contribution in [3.8, 4) is 0 Å².